The third kappa shape index (κ3) is 3.26. The van der Waals surface area contributed by atoms with Crippen molar-refractivity contribution in [2.24, 2.45) is 0 Å². The van der Waals surface area contributed by atoms with E-state index in [1.165, 1.54) is 0 Å². The minimum atomic E-state index is -0.399. The Morgan fingerprint density at radius 3 is 2.76 bits per heavy atom. The van der Waals surface area contributed by atoms with Gasteiger partial charge in [0.25, 0.3) is 0 Å². The van der Waals surface area contributed by atoms with Crippen molar-refractivity contribution in [3.63, 3.8) is 0 Å². The number of nitro benzene ring substituents is 1. The molecule has 1 heterocycles. The number of ether oxygens (including phenoxy) is 2. The minimum Gasteiger partial charge on any atom is -0.484 e. The van der Waals surface area contributed by atoms with Crippen LogP contribution < -0.4 is 10.1 Å². The van der Waals surface area contributed by atoms with Crippen LogP contribution in [0.5, 0.6) is 5.75 Å². The number of rotatable bonds is 5. The molecule has 1 aliphatic heterocycles. The molecule has 0 aromatic heterocycles. The van der Waals surface area contributed by atoms with Crippen LogP contribution in [0.2, 0.25) is 0 Å². The van der Waals surface area contributed by atoms with Gasteiger partial charge in [0.05, 0.1) is 22.7 Å². The van der Waals surface area contributed by atoms with Gasteiger partial charge in [-0.05, 0) is 46.2 Å². The average molecular weight is 294 g/mol. The van der Waals surface area contributed by atoms with Gasteiger partial charge in [0.1, 0.15) is 5.69 Å². The van der Waals surface area contributed by atoms with Crippen LogP contribution in [0, 0.1) is 10.1 Å². The second-order valence-electron chi connectivity index (χ2n) is 5.88. The highest BCUT2D eigenvalue weighted by molar-refractivity contribution is 5.69. The van der Waals surface area contributed by atoms with Crippen molar-refractivity contribution in [3.8, 4) is 5.75 Å². The molecule has 1 aromatic carbocycles. The lowest BCUT2D eigenvalue weighted by Gasteiger charge is -2.30. The zero-order valence-corrected chi connectivity index (χ0v) is 12.9. The maximum atomic E-state index is 11.4. The lowest BCUT2D eigenvalue weighted by atomic mass is 9.94. The first-order chi connectivity index (χ1) is 9.83. The molecule has 2 atom stereocenters. The molecule has 2 rings (SSSR count). The smallest absolute Gasteiger partial charge is 0.333 e. The highest BCUT2D eigenvalue weighted by Gasteiger charge is 2.38. The normalized spacial score (nSPS) is 25.1. The maximum Gasteiger partial charge on any atom is 0.333 e. The molecule has 0 radical (unpaired) electrons. The van der Waals surface area contributed by atoms with E-state index in [-0.39, 0.29) is 29.2 Å². The Hall–Kier alpha value is -1.82. The number of nitro groups is 1. The van der Waals surface area contributed by atoms with Gasteiger partial charge in [0, 0.05) is 6.61 Å². The molecule has 116 valence electrons. The van der Waals surface area contributed by atoms with E-state index in [1.807, 2.05) is 27.7 Å². The van der Waals surface area contributed by atoms with E-state index in [0.717, 1.165) is 6.42 Å². The molecule has 1 aromatic rings. The lowest BCUT2D eigenvalue weighted by Crippen LogP contribution is -2.41. The van der Waals surface area contributed by atoms with Gasteiger partial charge in [-0.25, -0.2) is 0 Å². The molecule has 0 saturated carbocycles. The fraction of sp³-hybridized carbons (Fsp3) is 0.600. The predicted octanol–water partition coefficient (Wildman–Crippen LogP) is 3.36. The molecule has 0 spiro atoms. The summed E-state index contributed by atoms with van der Waals surface area (Å²) >= 11 is 0. The van der Waals surface area contributed by atoms with Crippen LogP contribution in [0.3, 0.4) is 0 Å². The SMILES string of the molecule is CC(C)Oc1cccc(NC2(C)CCOC2C)c1[N+](=O)[O-]. The molecule has 0 bridgehead atoms. The number of anilines is 1. The zero-order valence-electron chi connectivity index (χ0n) is 12.9. The van der Waals surface area contributed by atoms with Crippen molar-refractivity contribution < 1.29 is 14.4 Å². The molecule has 1 saturated heterocycles. The Labute approximate surface area is 124 Å². The molecule has 6 heteroatoms. The average Bonchev–Trinajstić information content (AvgIpc) is 2.68. The van der Waals surface area contributed by atoms with Gasteiger partial charge in [-0.3, -0.25) is 10.1 Å². The van der Waals surface area contributed by atoms with Crippen LogP contribution in [0.1, 0.15) is 34.1 Å². The van der Waals surface area contributed by atoms with Gasteiger partial charge >= 0.3 is 5.69 Å². The number of hydrogen-bond acceptors (Lipinski definition) is 5. The van der Waals surface area contributed by atoms with E-state index >= 15 is 0 Å². The number of hydrogen-bond donors (Lipinski definition) is 1. The second kappa shape index (κ2) is 5.89. The third-order valence-corrected chi connectivity index (χ3v) is 3.85. The Balaban J connectivity index is 2.37. The van der Waals surface area contributed by atoms with Gasteiger partial charge in [-0.1, -0.05) is 6.07 Å². The topological polar surface area (TPSA) is 73.6 Å². The van der Waals surface area contributed by atoms with Crippen molar-refractivity contribution in [1.82, 2.24) is 0 Å². The van der Waals surface area contributed by atoms with E-state index in [4.69, 9.17) is 9.47 Å². The lowest BCUT2D eigenvalue weighted by molar-refractivity contribution is -0.385. The van der Waals surface area contributed by atoms with Gasteiger partial charge in [0.15, 0.2) is 5.75 Å². The number of para-hydroxylation sites is 1. The van der Waals surface area contributed by atoms with Crippen LogP contribution in [0.25, 0.3) is 0 Å². The van der Waals surface area contributed by atoms with E-state index in [2.05, 4.69) is 5.32 Å². The standard InChI is InChI=1S/C15H22N2O4/c1-10(2)21-13-7-5-6-12(14(13)17(18)19)16-15(4)8-9-20-11(15)3/h5-7,10-11,16H,8-9H2,1-4H3. The van der Waals surface area contributed by atoms with Crippen molar-refractivity contribution in [3.05, 3.63) is 28.3 Å². The molecule has 0 amide bonds. The number of nitrogens with zero attached hydrogens (tertiary/aromatic N) is 1. The Kier molecular flexibility index (Phi) is 4.37. The fourth-order valence-corrected chi connectivity index (χ4v) is 2.47. The summed E-state index contributed by atoms with van der Waals surface area (Å²) in [4.78, 5) is 11.0. The molecular formula is C15H22N2O4. The summed E-state index contributed by atoms with van der Waals surface area (Å²) < 4.78 is 11.1. The quantitative estimate of drug-likeness (QED) is 0.666. The highest BCUT2D eigenvalue weighted by Crippen LogP contribution is 2.39. The first-order valence-corrected chi connectivity index (χ1v) is 7.17. The van der Waals surface area contributed by atoms with Crippen LogP contribution in [0.15, 0.2) is 18.2 Å². The fourth-order valence-electron chi connectivity index (χ4n) is 2.47. The molecule has 2 unspecified atom stereocenters. The molecular weight excluding hydrogens is 272 g/mol. The number of nitrogens with one attached hydrogen (secondary N) is 1. The van der Waals surface area contributed by atoms with E-state index < -0.39 is 4.92 Å². The molecule has 1 aliphatic rings. The van der Waals surface area contributed by atoms with Crippen LogP contribution >= 0.6 is 0 Å². The van der Waals surface area contributed by atoms with E-state index in [9.17, 15) is 10.1 Å². The van der Waals surface area contributed by atoms with Crippen LogP contribution in [-0.2, 0) is 4.74 Å². The molecule has 0 aliphatic carbocycles. The first kappa shape index (κ1) is 15.6. The van der Waals surface area contributed by atoms with Crippen molar-refractivity contribution >= 4 is 11.4 Å². The summed E-state index contributed by atoms with van der Waals surface area (Å²) in [6, 6.07) is 5.10. The summed E-state index contributed by atoms with van der Waals surface area (Å²) in [5, 5.41) is 14.7. The van der Waals surface area contributed by atoms with E-state index in [1.54, 1.807) is 18.2 Å². The van der Waals surface area contributed by atoms with Crippen molar-refractivity contribution in [1.29, 1.82) is 0 Å². The second-order valence-corrected chi connectivity index (χ2v) is 5.88. The van der Waals surface area contributed by atoms with Gasteiger partial charge in [0.2, 0.25) is 0 Å². The van der Waals surface area contributed by atoms with Crippen molar-refractivity contribution in [2.75, 3.05) is 11.9 Å². The monoisotopic (exact) mass is 294 g/mol. The van der Waals surface area contributed by atoms with E-state index in [0.29, 0.717) is 12.3 Å². The summed E-state index contributed by atoms with van der Waals surface area (Å²) in [5.74, 6) is 0.287. The molecule has 1 N–H and O–H groups in total. The van der Waals surface area contributed by atoms with Crippen molar-refractivity contribution in [2.45, 2.75) is 51.9 Å². The maximum absolute atomic E-state index is 11.4. The van der Waals surface area contributed by atoms with Gasteiger partial charge in [-0.2, -0.15) is 0 Å². The Morgan fingerprint density at radius 2 is 2.24 bits per heavy atom. The molecule has 21 heavy (non-hydrogen) atoms. The third-order valence-electron chi connectivity index (χ3n) is 3.85. The minimum absolute atomic E-state index is 0.00761. The largest absolute Gasteiger partial charge is 0.484 e. The van der Waals surface area contributed by atoms with Crippen LogP contribution in [-0.4, -0.2) is 29.3 Å². The number of benzene rings is 1. The highest BCUT2D eigenvalue weighted by atomic mass is 16.6. The Bertz CT molecular complexity index is 532. The summed E-state index contributed by atoms with van der Waals surface area (Å²) in [5.41, 5.74) is 0.130. The summed E-state index contributed by atoms with van der Waals surface area (Å²) in [6.45, 7) is 8.33. The van der Waals surface area contributed by atoms with Gasteiger partial charge < -0.3 is 14.8 Å². The summed E-state index contributed by atoms with van der Waals surface area (Å²) in [7, 11) is 0. The van der Waals surface area contributed by atoms with Crippen LogP contribution in [0.4, 0.5) is 11.4 Å². The zero-order chi connectivity index (χ0) is 15.6. The molecule has 6 nitrogen and oxygen atoms in total. The van der Waals surface area contributed by atoms with Gasteiger partial charge in [-0.15, -0.1) is 0 Å². The summed E-state index contributed by atoms with van der Waals surface area (Å²) in [6.07, 6.45) is 0.677. The molecule has 1 fully saturated rings. The predicted molar refractivity (Wildman–Crippen MR) is 80.9 cm³/mol. The Morgan fingerprint density at radius 1 is 1.52 bits per heavy atom. The first-order valence-electron chi connectivity index (χ1n) is 7.17.